The van der Waals surface area contributed by atoms with Crippen LogP contribution in [0.4, 0.5) is 5.13 Å². The van der Waals surface area contributed by atoms with E-state index < -0.39 is 46.5 Å². The van der Waals surface area contributed by atoms with Crippen molar-refractivity contribution >= 4 is 80.3 Å². The second-order valence-corrected chi connectivity index (χ2v) is 13.4. The number of pyridine rings is 1. The quantitative estimate of drug-likeness (QED) is 0.0787. The molecule has 2 amide bonds. The van der Waals surface area contributed by atoms with Gasteiger partial charge in [-0.15, -0.1) is 11.8 Å². The van der Waals surface area contributed by atoms with Crippen LogP contribution in [0.25, 0.3) is 11.0 Å². The first-order valence-electron chi connectivity index (χ1n) is 13.6. The summed E-state index contributed by atoms with van der Waals surface area (Å²) < 4.78 is 4.04. The molecule has 2 unspecified atom stereocenters. The summed E-state index contributed by atoms with van der Waals surface area (Å²) in [6, 6.07) is 4.74. The lowest BCUT2D eigenvalue weighted by molar-refractivity contribution is -0.663. The van der Waals surface area contributed by atoms with E-state index in [0.717, 1.165) is 35.5 Å². The Labute approximate surface area is 269 Å². The van der Waals surface area contributed by atoms with Crippen LogP contribution < -0.4 is 20.9 Å². The van der Waals surface area contributed by atoms with Crippen LogP contribution in [-0.2, 0) is 37.1 Å². The minimum absolute atomic E-state index is 0.00244. The molecule has 45 heavy (non-hydrogen) atoms. The second kappa shape index (κ2) is 12.7. The molecule has 5 heterocycles. The fourth-order valence-electron chi connectivity index (χ4n) is 4.86. The number of thioether (sulfide) groups is 1. The largest absolute Gasteiger partial charge is 0.478 e. The summed E-state index contributed by atoms with van der Waals surface area (Å²) in [4.78, 5) is 61.1. The number of nitrogen functional groups attached to an aromatic ring is 1. The van der Waals surface area contributed by atoms with Gasteiger partial charge in [-0.2, -0.15) is 4.57 Å². The van der Waals surface area contributed by atoms with Crippen molar-refractivity contribution in [2.75, 3.05) is 25.1 Å². The number of hydrogen-bond donors (Lipinski definition) is 5. The minimum Gasteiger partial charge on any atom is -0.478 e. The number of oxime groups is 1. The molecule has 6 N–H and O–H groups in total. The van der Waals surface area contributed by atoms with E-state index in [-0.39, 0.29) is 33.2 Å². The lowest BCUT2D eigenvalue weighted by Gasteiger charge is -2.49. The molecule has 1 fully saturated rings. The normalized spacial score (nSPS) is 18.5. The third-order valence-electron chi connectivity index (χ3n) is 7.24. The molecule has 0 aliphatic carbocycles. The lowest BCUT2D eigenvalue weighted by Crippen LogP contribution is -2.71. The molecule has 2 aliphatic heterocycles. The third-order valence-corrected chi connectivity index (χ3v) is 9.66. The van der Waals surface area contributed by atoms with E-state index in [0.29, 0.717) is 5.57 Å². The maximum atomic E-state index is 13.4. The molecule has 18 heteroatoms. The predicted molar refractivity (Wildman–Crippen MR) is 167 cm³/mol. The van der Waals surface area contributed by atoms with Crippen molar-refractivity contribution in [2.24, 2.45) is 5.16 Å². The van der Waals surface area contributed by atoms with E-state index in [4.69, 9.17) is 22.2 Å². The number of rotatable bonds is 12. The smallest absolute Gasteiger partial charge is 0.352 e. The van der Waals surface area contributed by atoms with Crippen LogP contribution in [0.3, 0.4) is 0 Å². The Kier molecular flexibility index (Phi) is 9.06. The number of carbonyl (C=O) groups excluding carboxylic acids is 2. The van der Waals surface area contributed by atoms with Crippen molar-refractivity contribution in [1.29, 1.82) is 0 Å². The molecule has 1 saturated heterocycles. The number of nitrogens with one attached hydrogen (secondary N) is 2. The van der Waals surface area contributed by atoms with E-state index in [1.165, 1.54) is 30.5 Å². The van der Waals surface area contributed by atoms with E-state index in [1.807, 2.05) is 42.2 Å². The van der Waals surface area contributed by atoms with E-state index in [2.05, 4.69) is 25.3 Å². The summed E-state index contributed by atoms with van der Waals surface area (Å²) in [5.41, 5.74) is 5.59. The molecule has 0 saturated carbocycles. The van der Waals surface area contributed by atoms with Crippen LogP contribution in [0.1, 0.15) is 19.5 Å². The molecule has 3 aromatic heterocycles. The average Bonchev–Trinajstić information content (AvgIpc) is 3.56. The van der Waals surface area contributed by atoms with Crippen molar-refractivity contribution in [2.45, 2.75) is 44.0 Å². The molecule has 0 spiro atoms. The summed E-state index contributed by atoms with van der Waals surface area (Å²) >= 11 is 8.37. The molecule has 2 atom stereocenters. The molecule has 0 bridgehead atoms. The van der Waals surface area contributed by atoms with Crippen LogP contribution in [0.15, 0.2) is 47.0 Å². The highest BCUT2D eigenvalue weighted by molar-refractivity contribution is 8.00. The lowest BCUT2D eigenvalue weighted by atomic mass is 10.0. The first kappa shape index (κ1) is 32.2. The zero-order chi connectivity index (χ0) is 32.6. The predicted octanol–water partition coefficient (Wildman–Crippen LogP) is 0.863. The molecule has 0 radical (unpaired) electrons. The van der Waals surface area contributed by atoms with Gasteiger partial charge in [0.25, 0.3) is 11.8 Å². The number of aromatic nitrogens is 3. The van der Waals surface area contributed by atoms with E-state index in [1.54, 1.807) is 0 Å². The molecule has 3 aromatic rings. The van der Waals surface area contributed by atoms with Crippen LogP contribution in [0.5, 0.6) is 0 Å². The highest BCUT2D eigenvalue weighted by Gasteiger charge is 2.55. The Hall–Kier alpha value is -4.19. The number of halogens is 1. The maximum absolute atomic E-state index is 13.4. The highest BCUT2D eigenvalue weighted by Crippen LogP contribution is 2.40. The molecule has 238 valence electrons. The Balaban J connectivity index is 1.39. The number of amides is 2. The van der Waals surface area contributed by atoms with Gasteiger partial charge in [-0.05, 0) is 27.0 Å². The van der Waals surface area contributed by atoms with Gasteiger partial charge in [0.2, 0.25) is 11.1 Å². The molecule has 15 nitrogen and oxygen atoms in total. The van der Waals surface area contributed by atoms with Gasteiger partial charge >= 0.3 is 11.9 Å². The van der Waals surface area contributed by atoms with Crippen molar-refractivity contribution in [3.8, 4) is 0 Å². The van der Waals surface area contributed by atoms with Gasteiger partial charge in [0.05, 0.1) is 0 Å². The summed E-state index contributed by atoms with van der Waals surface area (Å²) in [5, 5.41) is 28.3. The molecule has 0 aromatic carbocycles. The SMILES string of the molecule is CNCCn1ccc2c1ccc[n+]2CC1=C(C(=O)O)N2C(=O)C(NC(=O)/C(=N\OC(C)(C)C(=O)O)c3nc(N)sc3Cl)C2SC1. The number of carboxylic acids is 2. The molecule has 2 aliphatic rings. The van der Waals surface area contributed by atoms with Crippen LogP contribution in [-0.4, -0.2) is 90.5 Å². The van der Waals surface area contributed by atoms with Gasteiger partial charge < -0.3 is 36.0 Å². The number of carboxylic acid groups (broad SMARTS) is 2. The summed E-state index contributed by atoms with van der Waals surface area (Å²) in [6.45, 7) is 4.25. The highest BCUT2D eigenvalue weighted by atomic mass is 35.5. The number of fused-ring (bicyclic) bond motifs is 2. The van der Waals surface area contributed by atoms with E-state index >= 15 is 0 Å². The topological polar surface area (TPSA) is 205 Å². The van der Waals surface area contributed by atoms with Gasteiger partial charge in [-0.1, -0.05) is 28.1 Å². The van der Waals surface area contributed by atoms with Crippen molar-refractivity contribution < 1.29 is 38.8 Å². The van der Waals surface area contributed by atoms with Crippen molar-refractivity contribution in [1.82, 2.24) is 25.1 Å². The van der Waals surface area contributed by atoms with Crippen molar-refractivity contribution in [3.63, 3.8) is 0 Å². The summed E-state index contributed by atoms with van der Waals surface area (Å²) in [6.07, 6.45) is 3.83. The van der Waals surface area contributed by atoms with Gasteiger partial charge in [0, 0.05) is 42.7 Å². The standard InChI is InChI=1S/C27H29ClN8O7S2/c1-27(2,25(41)42)43-33-17(16-20(28)45-26(29)32-16)21(37)31-18-22(38)36-19(24(39)40)13(12-44-23(18)36)11-35-8-4-5-14-15(35)6-9-34(14)10-7-30-3/h4-6,8-9,18,23,30H,7,10-12H2,1-3H3,(H4-,29,31,32,37,39,40,41,42)/p+1/b33-17-. The average molecular weight is 678 g/mol. The second-order valence-electron chi connectivity index (χ2n) is 10.7. The molecular weight excluding hydrogens is 648 g/mol. The van der Waals surface area contributed by atoms with Gasteiger partial charge in [0.1, 0.15) is 32.7 Å². The Morgan fingerprint density at radius 1 is 1.31 bits per heavy atom. The number of thiazole rings is 1. The van der Waals surface area contributed by atoms with Crippen LogP contribution in [0.2, 0.25) is 4.34 Å². The summed E-state index contributed by atoms with van der Waals surface area (Å²) in [5.74, 6) is -3.88. The number of carbonyl (C=O) groups is 4. The molecular formula is C27H30ClN8O7S2+. The Bertz CT molecular complexity index is 1770. The number of aliphatic carboxylic acids is 2. The van der Waals surface area contributed by atoms with Crippen LogP contribution >= 0.6 is 34.7 Å². The number of hydrogen-bond acceptors (Lipinski definition) is 11. The zero-order valence-corrected chi connectivity index (χ0v) is 26.7. The van der Waals surface area contributed by atoms with Gasteiger partial charge in [0.15, 0.2) is 23.6 Å². The van der Waals surface area contributed by atoms with Gasteiger partial charge in [-0.25, -0.2) is 14.6 Å². The van der Waals surface area contributed by atoms with Gasteiger partial charge in [-0.3, -0.25) is 14.5 Å². The Morgan fingerprint density at radius 2 is 2.07 bits per heavy atom. The number of nitrogens with zero attached hydrogens (tertiary/aromatic N) is 5. The number of nitrogens with two attached hydrogens (primary N) is 1. The van der Waals surface area contributed by atoms with E-state index in [9.17, 15) is 29.4 Å². The first-order valence-corrected chi connectivity index (χ1v) is 15.8. The zero-order valence-electron chi connectivity index (χ0n) is 24.3. The number of anilines is 1. The van der Waals surface area contributed by atoms with Crippen LogP contribution in [0, 0.1) is 0 Å². The Morgan fingerprint density at radius 3 is 2.71 bits per heavy atom. The fraction of sp³-hybridized carbons (Fsp3) is 0.370. The monoisotopic (exact) mass is 677 g/mol. The first-order chi connectivity index (χ1) is 21.3. The minimum atomic E-state index is -1.81. The number of likely N-dealkylation sites (N-methyl/N-ethyl adjacent to an activating group) is 1. The summed E-state index contributed by atoms with van der Waals surface area (Å²) in [7, 11) is 1.88. The number of β-lactam (4-membered cyclic amide) rings is 1. The van der Waals surface area contributed by atoms with Crippen molar-refractivity contribution in [3.05, 3.63) is 51.9 Å². The fourth-order valence-corrected chi connectivity index (χ4v) is 7.12. The molecule has 5 rings (SSSR count). The maximum Gasteiger partial charge on any atom is 0.352 e. The third kappa shape index (κ3) is 6.20.